The highest BCUT2D eigenvalue weighted by molar-refractivity contribution is 8.03. The number of hydrogen-bond acceptors (Lipinski definition) is 5. The Morgan fingerprint density at radius 3 is 3.08 bits per heavy atom. The molecule has 5 heteroatoms. The SMILES string of the molecule is CCOC(=O)C1=NC2C(=C1c1ccc3c(c1)CCO3)Sc1ccccc12. The molecule has 1 unspecified atom stereocenters. The van der Waals surface area contributed by atoms with Crippen LogP contribution in [0.15, 0.2) is 57.3 Å². The van der Waals surface area contributed by atoms with Crippen LogP contribution in [-0.2, 0) is 16.0 Å². The maximum absolute atomic E-state index is 12.6. The van der Waals surface area contributed by atoms with Crippen LogP contribution in [0.4, 0.5) is 0 Å². The first-order valence-electron chi connectivity index (χ1n) is 8.78. The van der Waals surface area contributed by atoms with Gasteiger partial charge in [-0.3, -0.25) is 4.99 Å². The van der Waals surface area contributed by atoms with Crippen LogP contribution in [0.25, 0.3) is 5.57 Å². The molecule has 2 aromatic carbocycles. The maximum atomic E-state index is 12.6. The van der Waals surface area contributed by atoms with Crippen molar-refractivity contribution in [3.63, 3.8) is 0 Å². The lowest BCUT2D eigenvalue weighted by Crippen LogP contribution is -2.18. The Kier molecular flexibility index (Phi) is 3.64. The van der Waals surface area contributed by atoms with E-state index >= 15 is 0 Å². The summed E-state index contributed by atoms with van der Waals surface area (Å²) in [6.07, 6.45) is 0.897. The van der Waals surface area contributed by atoms with E-state index in [0.29, 0.717) is 18.9 Å². The second kappa shape index (κ2) is 6.02. The van der Waals surface area contributed by atoms with Crippen LogP contribution in [0.2, 0.25) is 0 Å². The first-order chi connectivity index (χ1) is 12.8. The van der Waals surface area contributed by atoms with Crippen LogP contribution < -0.4 is 4.74 Å². The van der Waals surface area contributed by atoms with Gasteiger partial charge in [0.15, 0.2) is 5.71 Å². The van der Waals surface area contributed by atoms with Crippen molar-refractivity contribution < 1.29 is 14.3 Å². The number of thioether (sulfide) groups is 1. The number of carbonyl (C=O) groups is 1. The Balaban J connectivity index is 1.66. The number of benzene rings is 2. The van der Waals surface area contributed by atoms with Gasteiger partial charge in [0, 0.05) is 21.8 Å². The average molecular weight is 363 g/mol. The van der Waals surface area contributed by atoms with Gasteiger partial charge in [0.1, 0.15) is 11.8 Å². The molecule has 0 aliphatic carbocycles. The molecule has 4 nitrogen and oxygen atoms in total. The fraction of sp³-hybridized carbons (Fsp3) is 0.238. The van der Waals surface area contributed by atoms with Gasteiger partial charge in [-0.2, -0.15) is 0 Å². The van der Waals surface area contributed by atoms with Crippen molar-refractivity contribution in [3.05, 3.63) is 64.1 Å². The lowest BCUT2D eigenvalue weighted by Gasteiger charge is -2.10. The minimum atomic E-state index is -0.348. The first kappa shape index (κ1) is 15.7. The third-order valence-corrected chi connectivity index (χ3v) is 6.11. The molecule has 0 fully saturated rings. The van der Waals surface area contributed by atoms with E-state index in [1.54, 1.807) is 11.8 Å². The predicted octanol–water partition coefficient (Wildman–Crippen LogP) is 4.20. The Morgan fingerprint density at radius 2 is 2.19 bits per heavy atom. The van der Waals surface area contributed by atoms with Gasteiger partial charge in [-0.15, -0.1) is 0 Å². The first-order valence-corrected chi connectivity index (χ1v) is 9.60. The number of fused-ring (bicyclic) bond motifs is 4. The van der Waals surface area contributed by atoms with E-state index in [-0.39, 0.29) is 12.0 Å². The maximum Gasteiger partial charge on any atom is 0.357 e. The van der Waals surface area contributed by atoms with Gasteiger partial charge in [0.05, 0.1) is 13.2 Å². The smallest absolute Gasteiger partial charge is 0.357 e. The van der Waals surface area contributed by atoms with Gasteiger partial charge >= 0.3 is 5.97 Å². The third kappa shape index (κ3) is 2.31. The van der Waals surface area contributed by atoms with Crippen LogP contribution in [0.3, 0.4) is 0 Å². The number of nitrogens with zero attached hydrogens (tertiary/aromatic N) is 1. The molecule has 5 rings (SSSR count). The van der Waals surface area contributed by atoms with Crippen LogP contribution in [0, 0.1) is 0 Å². The highest BCUT2D eigenvalue weighted by Gasteiger charge is 2.40. The van der Waals surface area contributed by atoms with E-state index < -0.39 is 0 Å². The second-order valence-electron chi connectivity index (χ2n) is 6.40. The lowest BCUT2D eigenvalue weighted by atomic mass is 9.97. The average Bonchev–Trinajstić information content (AvgIpc) is 3.34. The summed E-state index contributed by atoms with van der Waals surface area (Å²) in [4.78, 5) is 19.7. The number of esters is 1. The summed E-state index contributed by atoms with van der Waals surface area (Å²) in [5, 5.41) is 0. The van der Waals surface area contributed by atoms with Crippen molar-refractivity contribution in [2.45, 2.75) is 24.3 Å². The Bertz CT molecular complexity index is 993. The lowest BCUT2D eigenvalue weighted by molar-refractivity contribution is -0.134. The summed E-state index contributed by atoms with van der Waals surface area (Å²) in [7, 11) is 0. The summed E-state index contributed by atoms with van der Waals surface area (Å²) >= 11 is 1.71. The number of aliphatic imine (C=N–C) groups is 1. The monoisotopic (exact) mass is 363 g/mol. The van der Waals surface area contributed by atoms with Crippen LogP contribution in [-0.4, -0.2) is 24.9 Å². The summed E-state index contributed by atoms with van der Waals surface area (Å²) < 4.78 is 10.9. The van der Waals surface area contributed by atoms with Crippen molar-refractivity contribution in [1.82, 2.24) is 0 Å². The van der Waals surface area contributed by atoms with Crippen molar-refractivity contribution in [3.8, 4) is 5.75 Å². The molecule has 3 aliphatic rings. The molecule has 130 valence electrons. The standard InChI is InChI=1S/C21H17NO3S/c1-2-24-21(23)19-17(13-7-8-15-12(11-13)9-10-25-15)20-18(22-19)14-5-3-4-6-16(14)26-20/h3-8,11,18H,2,9-10H2,1H3. The molecule has 0 aromatic heterocycles. The number of carbonyl (C=O) groups excluding carboxylic acids is 1. The third-order valence-electron chi connectivity index (χ3n) is 4.87. The van der Waals surface area contributed by atoms with Crippen molar-refractivity contribution >= 4 is 29.0 Å². The van der Waals surface area contributed by atoms with Gasteiger partial charge in [-0.1, -0.05) is 36.0 Å². The minimum Gasteiger partial charge on any atom is -0.493 e. The van der Waals surface area contributed by atoms with E-state index in [1.807, 2.05) is 31.2 Å². The molecular weight excluding hydrogens is 346 g/mol. The highest BCUT2D eigenvalue weighted by Crippen LogP contribution is 2.55. The molecule has 0 saturated carbocycles. The molecule has 3 aliphatic heterocycles. The van der Waals surface area contributed by atoms with Crippen LogP contribution >= 0.6 is 11.8 Å². The molecule has 0 saturated heterocycles. The zero-order valence-electron chi connectivity index (χ0n) is 14.3. The highest BCUT2D eigenvalue weighted by atomic mass is 32.2. The topological polar surface area (TPSA) is 47.9 Å². The van der Waals surface area contributed by atoms with Gasteiger partial charge in [-0.05, 0) is 41.8 Å². The van der Waals surface area contributed by atoms with Gasteiger partial charge in [0.2, 0.25) is 0 Å². The summed E-state index contributed by atoms with van der Waals surface area (Å²) in [6.45, 7) is 2.87. The molecule has 0 spiro atoms. The van der Waals surface area contributed by atoms with E-state index in [2.05, 4.69) is 18.2 Å². The van der Waals surface area contributed by atoms with Gasteiger partial charge in [0.25, 0.3) is 0 Å². The largest absolute Gasteiger partial charge is 0.493 e. The number of hydrogen-bond donors (Lipinski definition) is 0. The molecule has 0 bridgehead atoms. The summed E-state index contributed by atoms with van der Waals surface area (Å²) in [6, 6.07) is 14.3. The fourth-order valence-corrected chi connectivity index (χ4v) is 5.01. The van der Waals surface area contributed by atoms with Crippen molar-refractivity contribution in [1.29, 1.82) is 0 Å². The zero-order valence-corrected chi connectivity index (χ0v) is 15.1. The molecule has 3 heterocycles. The van der Waals surface area contributed by atoms with E-state index in [1.165, 1.54) is 10.5 Å². The molecular formula is C21H17NO3S. The van der Waals surface area contributed by atoms with Crippen molar-refractivity contribution in [2.24, 2.45) is 4.99 Å². The van der Waals surface area contributed by atoms with Crippen molar-refractivity contribution in [2.75, 3.05) is 13.2 Å². The zero-order chi connectivity index (χ0) is 17.7. The summed E-state index contributed by atoms with van der Waals surface area (Å²) in [5.74, 6) is 0.588. The molecule has 0 radical (unpaired) electrons. The molecule has 2 aromatic rings. The van der Waals surface area contributed by atoms with Crippen LogP contribution in [0.1, 0.15) is 29.7 Å². The number of ether oxygens (including phenoxy) is 2. The fourth-order valence-electron chi connectivity index (χ4n) is 3.72. The van der Waals surface area contributed by atoms with E-state index in [4.69, 9.17) is 14.5 Å². The Morgan fingerprint density at radius 1 is 1.31 bits per heavy atom. The van der Waals surface area contributed by atoms with Gasteiger partial charge in [-0.25, -0.2) is 4.79 Å². The quantitative estimate of drug-likeness (QED) is 0.767. The molecule has 1 atom stereocenters. The summed E-state index contributed by atoms with van der Waals surface area (Å²) in [5.41, 5.74) is 4.70. The van der Waals surface area contributed by atoms with Gasteiger partial charge < -0.3 is 9.47 Å². The van der Waals surface area contributed by atoms with E-state index in [9.17, 15) is 4.79 Å². The molecule has 0 amide bonds. The predicted molar refractivity (Wildman–Crippen MR) is 102 cm³/mol. The normalized spacial score (nSPS) is 19.6. The number of rotatable bonds is 3. The molecule has 0 N–H and O–H groups in total. The Hall–Kier alpha value is -2.53. The van der Waals surface area contributed by atoms with Crippen LogP contribution in [0.5, 0.6) is 5.75 Å². The second-order valence-corrected chi connectivity index (χ2v) is 7.48. The molecule has 26 heavy (non-hydrogen) atoms. The Labute approximate surface area is 155 Å². The van der Waals surface area contributed by atoms with E-state index in [0.717, 1.165) is 33.8 Å². The minimum absolute atomic E-state index is 0.102.